The quantitative estimate of drug-likeness (QED) is 0.554. The van der Waals surface area contributed by atoms with E-state index in [1.807, 2.05) is 36.4 Å². The van der Waals surface area contributed by atoms with Gasteiger partial charge in [0.15, 0.2) is 0 Å². The van der Waals surface area contributed by atoms with Crippen LogP contribution < -0.4 is 9.47 Å². The van der Waals surface area contributed by atoms with Gasteiger partial charge in [0.2, 0.25) is 0 Å². The van der Waals surface area contributed by atoms with Crippen molar-refractivity contribution in [3.63, 3.8) is 0 Å². The van der Waals surface area contributed by atoms with Gasteiger partial charge in [0.05, 0.1) is 26.4 Å². The standard InChI is InChI=1S/C22H28O4/c1-23-19-11-7-9-17(15-19)21(25-3)13-5-6-14-22(26-4)18-10-8-12-20(16-18)24-2/h5-12,15-16,21-22H,13-14H2,1-4H3/b6-5+/t21-,22-/m0/s1. The first kappa shape index (κ1) is 20.0. The summed E-state index contributed by atoms with van der Waals surface area (Å²) in [5.74, 6) is 1.68. The molecule has 2 aromatic rings. The van der Waals surface area contributed by atoms with Crippen LogP contribution in [0.5, 0.6) is 11.5 Å². The molecule has 140 valence electrons. The number of hydrogen-bond acceptors (Lipinski definition) is 4. The van der Waals surface area contributed by atoms with Crippen LogP contribution in [0.4, 0.5) is 0 Å². The van der Waals surface area contributed by atoms with E-state index in [2.05, 4.69) is 24.3 Å². The molecular formula is C22H28O4. The maximum Gasteiger partial charge on any atom is 0.119 e. The Morgan fingerprint density at radius 2 is 1.12 bits per heavy atom. The highest BCUT2D eigenvalue weighted by molar-refractivity contribution is 5.31. The Labute approximate surface area is 156 Å². The van der Waals surface area contributed by atoms with Gasteiger partial charge in [-0.15, -0.1) is 0 Å². The van der Waals surface area contributed by atoms with E-state index in [1.54, 1.807) is 28.4 Å². The number of hydrogen-bond donors (Lipinski definition) is 0. The molecule has 0 heterocycles. The third-order valence-electron chi connectivity index (χ3n) is 4.37. The Bertz CT molecular complexity index is 637. The molecule has 0 radical (unpaired) electrons. The van der Waals surface area contributed by atoms with E-state index in [9.17, 15) is 0 Å². The fourth-order valence-electron chi connectivity index (χ4n) is 2.86. The third kappa shape index (κ3) is 5.61. The Morgan fingerprint density at radius 1 is 0.692 bits per heavy atom. The van der Waals surface area contributed by atoms with Gasteiger partial charge in [0, 0.05) is 14.2 Å². The van der Waals surface area contributed by atoms with Crippen LogP contribution in [0.1, 0.15) is 36.2 Å². The predicted octanol–water partition coefficient (Wildman–Crippen LogP) is 5.12. The second-order valence-corrected chi connectivity index (χ2v) is 5.94. The van der Waals surface area contributed by atoms with Gasteiger partial charge in [-0.2, -0.15) is 0 Å². The second kappa shape index (κ2) is 10.6. The van der Waals surface area contributed by atoms with Crippen LogP contribution >= 0.6 is 0 Å². The molecule has 2 rings (SSSR count). The normalized spacial score (nSPS) is 13.5. The van der Waals surface area contributed by atoms with Crippen LogP contribution in [0.2, 0.25) is 0 Å². The molecule has 0 unspecified atom stereocenters. The summed E-state index contributed by atoms with van der Waals surface area (Å²) in [6.07, 6.45) is 5.86. The summed E-state index contributed by atoms with van der Waals surface area (Å²) >= 11 is 0. The van der Waals surface area contributed by atoms with Gasteiger partial charge in [0.1, 0.15) is 11.5 Å². The van der Waals surface area contributed by atoms with Crippen molar-refractivity contribution < 1.29 is 18.9 Å². The number of benzene rings is 2. The smallest absolute Gasteiger partial charge is 0.119 e. The zero-order valence-corrected chi connectivity index (χ0v) is 16.0. The molecule has 4 nitrogen and oxygen atoms in total. The molecule has 2 atom stereocenters. The minimum atomic E-state index is -0.000774. The average Bonchev–Trinajstić information content (AvgIpc) is 2.71. The molecular weight excluding hydrogens is 328 g/mol. The summed E-state index contributed by atoms with van der Waals surface area (Å²) in [5, 5.41) is 0. The molecule has 0 N–H and O–H groups in total. The first-order valence-corrected chi connectivity index (χ1v) is 8.70. The summed E-state index contributed by atoms with van der Waals surface area (Å²) < 4.78 is 21.8. The largest absolute Gasteiger partial charge is 0.497 e. The van der Waals surface area contributed by atoms with Gasteiger partial charge < -0.3 is 18.9 Å². The van der Waals surface area contributed by atoms with E-state index in [4.69, 9.17) is 18.9 Å². The zero-order chi connectivity index (χ0) is 18.8. The fraction of sp³-hybridized carbons (Fsp3) is 0.364. The third-order valence-corrected chi connectivity index (χ3v) is 4.37. The van der Waals surface area contributed by atoms with Gasteiger partial charge in [-0.05, 0) is 48.2 Å². The Hall–Kier alpha value is -2.30. The summed E-state index contributed by atoms with van der Waals surface area (Å²) in [5.41, 5.74) is 2.21. The molecule has 0 aliphatic heterocycles. The van der Waals surface area contributed by atoms with Crippen molar-refractivity contribution in [1.29, 1.82) is 0 Å². The Kier molecular flexibility index (Phi) is 8.19. The summed E-state index contributed by atoms with van der Waals surface area (Å²) in [6, 6.07) is 16.0. The van der Waals surface area contributed by atoms with Crippen LogP contribution in [0.3, 0.4) is 0 Å². The van der Waals surface area contributed by atoms with E-state index in [-0.39, 0.29) is 12.2 Å². The summed E-state index contributed by atoms with van der Waals surface area (Å²) in [6.45, 7) is 0. The van der Waals surface area contributed by atoms with Gasteiger partial charge in [-0.3, -0.25) is 0 Å². The lowest BCUT2D eigenvalue weighted by atomic mass is 10.0. The molecule has 0 aliphatic rings. The molecule has 0 amide bonds. The van der Waals surface area contributed by atoms with Crippen molar-refractivity contribution >= 4 is 0 Å². The average molecular weight is 356 g/mol. The molecule has 0 spiro atoms. The second-order valence-electron chi connectivity index (χ2n) is 5.94. The van der Waals surface area contributed by atoms with E-state index in [0.717, 1.165) is 35.5 Å². The molecule has 0 bridgehead atoms. The number of methoxy groups -OCH3 is 4. The lowest BCUT2D eigenvalue weighted by Crippen LogP contribution is -2.02. The minimum Gasteiger partial charge on any atom is -0.497 e. The van der Waals surface area contributed by atoms with E-state index >= 15 is 0 Å². The van der Waals surface area contributed by atoms with Gasteiger partial charge in [0.25, 0.3) is 0 Å². The van der Waals surface area contributed by atoms with E-state index in [1.165, 1.54) is 0 Å². The predicted molar refractivity (Wildman–Crippen MR) is 104 cm³/mol. The van der Waals surface area contributed by atoms with Crippen LogP contribution in [-0.2, 0) is 9.47 Å². The SMILES string of the molecule is COc1cccc([C@H](C/C=C/C[C@H](OC)c2cccc(OC)c2)OC)c1. The highest BCUT2D eigenvalue weighted by Gasteiger charge is 2.11. The molecule has 0 saturated heterocycles. The fourth-order valence-corrected chi connectivity index (χ4v) is 2.86. The Morgan fingerprint density at radius 3 is 1.46 bits per heavy atom. The van der Waals surface area contributed by atoms with E-state index < -0.39 is 0 Å². The molecule has 26 heavy (non-hydrogen) atoms. The lowest BCUT2D eigenvalue weighted by molar-refractivity contribution is 0.102. The Balaban J connectivity index is 1.96. The maximum atomic E-state index is 5.63. The molecule has 0 fully saturated rings. The van der Waals surface area contributed by atoms with Crippen molar-refractivity contribution in [3.05, 3.63) is 71.8 Å². The molecule has 0 aromatic heterocycles. The molecule has 0 aliphatic carbocycles. The molecule has 2 aromatic carbocycles. The van der Waals surface area contributed by atoms with Gasteiger partial charge in [-0.1, -0.05) is 36.4 Å². The van der Waals surface area contributed by atoms with Gasteiger partial charge in [-0.25, -0.2) is 0 Å². The molecule has 4 heteroatoms. The number of ether oxygens (including phenoxy) is 4. The van der Waals surface area contributed by atoms with Crippen LogP contribution in [0, 0.1) is 0 Å². The van der Waals surface area contributed by atoms with Crippen molar-refractivity contribution in [1.82, 2.24) is 0 Å². The van der Waals surface area contributed by atoms with E-state index in [0.29, 0.717) is 0 Å². The van der Waals surface area contributed by atoms with Crippen molar-refractivity contribution in [2.24, 2.45) is 0 Å². The zero-order valence-electron chi connectivity index (χ0n) is 16.0. The monoisotopic (exact) mass is 356 g/mol. The van der Waals surface area contributed by atoms with Crippen molar-refractivity contribution in [2.45, 2.75) is 25.0 Å². The highest BCUT2D eigenvalue weighted by atomic mass is 16.5. The van der Waals surface area contributed by atoms with Gasteiger partial charge >= 0.3 is 0 Å². The summed E-state index contributed by atoms with van der Waals surface area (Å²) in [4.78, 5) is 0. The molecule has 0 saturated carbocycles. The minimum absolute atomic E-state index is 0.000774. The van der Waals surface area contributed by atoms with Crippen LogP contribution in [0.15, 0.2) is 60.7 Å². The van der Waals surface area contributed by atoms with Crippen LogP contribution in [-0.4, -0.2) is 28.4 Å². The topological polar surface area (TPSA) is 36.9 Å². The van der Waals surface area contributed by atoms with Crippen LogP contribution in [0.25, 0.3) is 0 Å². The van der Waals surface area contributed by atoms with Crippen molar-refractivity contribution in [2.75, 3.05) is 28.4 Å². The lowest BCUT2D eigenvalue weighted by Gasteiger charge is -2.16. The highest BCUT2D eigenvalue weighted by Crippen LogP contribution is 2.27. The summed E-state index contributed by atoms with van der Waals surface area (Å²) in [7, 11) is 6.80. The first-order chi connectivity index (χ1) is 12.7. The van der Waals surface area contributed by atoms with Crippen molar-refractivity contribution in [3.8, 4) is 11.5 Å². The maximum absolute atomic E-state index is 5.63. The number of rotatable bonds is 10. The first-order valence-electron chi connectivity index (χ1n) is 8.70.